The van der Waals surface area contributed by atoms with Crippen molar-refractivity contribution in [3.8, 4) is 5.75 Å². The Bertz CT molecular complexity index is 1080. The molecule has 0 bridgehead atoms. The van der Waals surface area contributed by atoms with E-state index in [9.17, 15) is 0 Å². The lowest BCUT2D eigenvalue weighted by atomic mass is 9.80. The van der Waals surface area contributed by atoms with Gasteiger partial charge in [-0.3, -0.25) is 0 Å². The molecule has 5 rings (SSSR count). The van der Waals surface area contributed by atoms with Crippen molar-refractivity contribution in [2.45, 2.75) is 18.4 Å². The Balaban J connectivity index is 1.66. The predicted octanol–water partition coefficient (Wildman–Crippen LogP) is 5.87. The first kappa shape index (κ1) is 16.0. The molecule has 0 saturated heterocycles. The zero-order valence-electron chi connectivity index (χ0n) is 15.3. The number of anilines is 1. The van der Waals surface area contributed by atoms with E-state index in [-0.39, 0.29) is 6.04 Å². The Morgan fingerprint density at radius 2 is 1.70 bits per heavy atom. The predicted molar refractivity (Wildman–Crippen MR) is 111 cm³/mol. The van der Waals surface area contributed by atoms with E-state index < -0.39 is 0 Å². The third kappa shape index (κ3) is 2.76. The van der Waals surface area contributed by atoms with Gasteiger partial charge < -0.3 is 15.0 Å². The molecule has 0 amide bonds. The molecule has 0 aliphatic carbocycles. The van der Waals surface area contributed by atoms with Gasteiger partial charge in [0.15, 0.2) is 0 Å². The van der Waals surface area contributed by atoms with E-state index in [1.54, 1.807) is 7.11 Å². The molecule has 2 N–H and O–H groups in total. The summed E-state index contributed by atoms with van der Waals surface area (Å²) in [5, 5.41) is 5.04. The molecule has 4 aromatic rings. The van der Waals surface area contributed by atoms with Crippen LogP contribution in [0.2, 0.25) is 0 Å². The first-order valence-corrected chi connectivity index (χ1v) is 9.39. The van der Waals surface area contributed by atoms with E-state index in [2.05, 4.69) is 83.2 Å². The normalized spacial score (nSPS) is 18.7. The highest BCUT2D eigenvalue weighted by molar-refractivity contribution is 5.84. The maximum atomic E-state index is 5.51. The molecule has 1 aliphatic heterocycles. The van der Waals surface area contributed by atoms with Crippen molar-refractivity contribution < 1.29 is 4.74 Å². The van der Waals surface area contributed by atoms with E-state index in [0.29, 0.717) is 5.92 Å². The van der Waals surface area contributed by atoms with E-state index >= 15 is 0 Å². The summed E-state index contributed by atoms with van der Waals surface area (Å²) < 4.78 is 5.51. The van der Waals surface area contributed by atoms with E-state index in [0.717, 1.165) is 12.2 Å². The smallest absolute Gasteiger partial charge is 0.119 e. The first-order chi connectivity index (χ1) is 13.3. The number of H-pyrrole nitrogens is 1. The standard InChI is InChI=1S/C24H22N2O/c1-27-17-11-12-23-20(13-17)19(14-24(26-23)16-7-3-2-4-8-16)21-15-25-22-10-6-5-9-18(21)22/h2-13,15,19,24-26H,14H2,1H3/t19-,24-/m1/s1. The Labute approximate surface area is 159 Å². The second-order valence-electron chi connectivity index (χ2n) is 7.14. The third-order valence-corrected chi connectivity index (χ3v) is 5.63. The van der Waals surface area contributed by atoms with Crippen LogP contribution in [0.3, 0.4) is 0 Å². The van der Waals surface area contributed by atoms with Crippen LogP contribution in [0.15, 0.2) is 79.0 Å². The second kappa shape index (κ2) is 6.51. The lowest BCUT2D eigenvalue weighted by Crippen LogP contribution is -2.22. The second-order valence-corrected chi connectivity index (χ2v) is 7.14. The van der Waals surface area contributed by atoms with Gasteiger partial charge in [-0.2, -0.15) is 0 Å². The molecule has 0 spiro atoms. The quantitative estimate of drug-likeness (QED) is 0.483. The maximum absolute atomic E-state index is 5.51. The van der Waals surface area contributed by atoms with Gasteiger partial charge in [-0.15, -0.1) is 0 Å². The highest BCUT2D eigenvalue weighted by Crippen LogP contribution is 2.46. The molecule has 2 atom stereocenters. The van der Waals surface area contributed by atoms with Crippen molar-refractivity contribution in [3.05, 3.63) is 95.7 Å². The molecular weight excluding hydrogens is 332 g/mol. The topological polar surface area (TPSA) is 37.0 Å². The number of methoxy groups -OCH3 is 1. The summed E-state index contributed by atoms with van der Waals surface area (Å²) in [5.41, 5.74) is 6.34. The average molecular weight is 354 g/mol. The molecule has 2 heterocycles. The summed E-state index contributed by atoms with van der Waals surface area (Å²) in [5.74, 6) is 1.20. The van der Waals surface area contributed by atoms with Gasteiger partial charge in [0.05, 0.1) is 13.2 Å². The molecule has 0 unspecified atom stereocenters. The van der Waals surface area contributed by atoms with Crippen molar-refractivity contribution in [3.63, 3.8) is 0 Å². The van der Waals surface area contributed by atoms with Crippen molar-refractivity contribution >= 4 is 16.6 Å². The number of benzene rings is 3. The van der Waals surface area contributed by atoms with Gasteiger partial charge in [0.2, 0.25) is 0 Å². The van der Waals surface area contributed by atoms with Gasteiger partial charge >= 0.3 is 0 Å². The molecule has 3 heteroatoms. The minimum Gasteiger partial charge on any atom is -0.497 e. The van der Waals surface area contributed by atoms with E-state index in [1.807, 2.05) is 6.07 Å². The summed E-state index contributed by atoms with van der Waals surface area (Å²) in [6, 6.07) is 25.9. The number of nitrogens with one attached hydrogen (secondary N) is 2. The Kier molecular flexibility index (Phi) is 3.86. The minimum absolute atomic E-state index is 0.283. The van der Waals surface area contributed by atoms with Gasteiger partial charge in [0.1, 0.15) is 5.75 Å². The number of aromatic nitrogens is 1. The van der Waals surface area contributed by atoms with Crippen LogP contribution in [-0.2, 0) is 0 Å². The van der Waals surface area contributed by atoms with Crippen LogP contribution in [0, 0.1) is 0 Å². The largest absolute Gasteiger partial charge is 0.497 e. The van der Waals surface area contributed by atoms with Crippen LogP contribution in [-0.4, -0.2) is 12.1 Å². The molecule has 134 valence electrons. The highest BCUT2D eigenvalue weighted by atomic mass is 16.5. The molecular formula is C24H22N2O. The molecule has 27 heavy (non-hydrogen) atoms. The van der Waals surface area contributed by atoms with Gasteiger partial charge in [-0.05, 0) is 47.4 Å². The number of rotatable bonds is 3. The van der Waals surface area contributed by atoms with Crippen molar-refractivity contribution in [1.29, 1.82) is 0 Å². The summed E-state index contributed by atoms with van der Waals surface area (Å²) in [6.45, 7) is 0. The zero-order chi connectivity index (χ0) is 18.2. The van der Waals surface area contributed by atoms with Crippen LogP contribution >= 0.6 is 0 Å². The van der Waals surface area contributed by atoms with Crippen molar-refractivity contribution in [2.24, 2.45) is 0 Å². The molecule has 0 fully saturated rings. The summed E-state index contributed by atoms with van der Waals surface area (Å²) in [7, 11) is 1.73. The summed E-state index contributed by atoms with van der Waals surface area (Å²) >= 11 is 0. The SMILES string of the molecule is COc1ccc2c(c1)[C@H](c1c[nH]c3ccccc13)C[C@H](c1ccccc1)N2. The van der Waals surface area contributed by atoms with E-state index in [1.165, 1.54) is 33.3 Å². The fraction of sp³-hybridized carbons (Fsp3) is 0.167. The zero-order valence-corrected chi connectivity index (χ0v) is 15.3. The van der Waals surface area contributed by atoms with Crippen LogP contribution in [0.25, 0.3) is 10.9 Å². The average Bonchev–Trinajstić information content (AvgIpc) is 3.17. The maximum Gasteiger partial charge on any atom is 0.119 e. The number of fused-ring (bicyclic) bond motifs is 2. The lowest BCUT2D eigenvalue weighted by Gasteiger charge is -2.34. The van der Waals surface area contributed by atoms with Crippen LogP contribution in [0.1, 0.15) is 35.1 Å². The van der Waals surface area contributed by atoms with E-state index in [4.69, 9.17) is 4.74 Å². The molecule has 0 saturated carbocycles. The van der Waals surface area contributed by atoms with Crippen molar-refractivity contribution in [1.82, 2.24) is 4.98 Å². The van der Waals surface area contributed by atoms with Gasteiger partial charge in [-0.1, -0.05) is 48.5 Å². The summed E-state index contributed by atoms with van der Waals surface area (Å²) in [4.78, 5) is 3.45. The van der Waals surface area contributed by atoms with Crippen LogP contribution in [0.5, 0.6) is 5.75 Å². The number of hydrogen-bond acceptors (Lipinski definition) is 2. The molecule has 1 aromatic heterocycles. The molecule has 3 nitrogen and oxygen atoms in total. The Hall–Kier alpha value is -3.20. The number of hydrogen-bond donors (Lipinski definition) is 2. The lowest BCUT2D eigenvalue weighted by molar-refractivity contribution is 0.413. The minimum atomic E-state index is 0.283. The molecule has 1 aliphatic rings. The fourth-order valence-electron chi connectivity index (χ4n) is 4.28. The molecule has 3 aromatic carbocycles. The van der Waals surface area contributed by atoms with Gasteiger partial charge in [0, 0.05) is 28.7 Å². The van der Waals surface area contributed by atoms with Crippen LogP contribution < -0.4 is 10.1 Å². The number of para-hydroxylation sites is 1. The number of aromatic amines is 1. The van der Waals surface area contributed by atoms with Gasteiger partial charge in [-0.25, -0.2) is 0 Å². The van der Waals surface area contributed by atoms with Gasteiger partial charge in [0.25, 0.3) is 0 Å². The summed E-state index contributed by atoms with van der Waals surface area (Å²) in [6.07, 6.45) is 3.18. The number of ether oxygens (including phenoxy) is 1. The van der Waals surface area contributed by atoms with Crippen LogP contribution in [0.4, 0.5) is 5.69 Å². The van der Waals surface area contributed by atoms with Crippen molar-refractivity contribution in [2.75, 3.05) is 12.4 Å². The highest BCUT2D eigenvalue weighted by Gasteiger charge is 2.30. The fourth-order valence-corrected chi connectivity index (χ4v) is 4.28. The third-order valence-electron chi connectivity index (χ3n) is 5.63. The molecule has 0 radical (unpaired) electrons. The monoisotopic (exact) mass is 354 g/mol. The first-order valence-electron chi connectivity index (χ1n) is 9.39. The Morgan fingerprint density at radius 3 is 2.56 bits per heavy atom. The Morgan fingerprint density at radius 1 is 0.889 bits per heavy atom.